The van der Waals surface area contributed by atoms with Gasteiger partial charge in [0, 0.05) is 31.8 Å². The van der Waals surface area contributed by atoms with Gasteiger partial charge in [-0.25, -0.2) is 0 Å². The summed E-state index contributed by atoms with van der Waals surface area (Å²) in [6.07, 6.45) is 6.46. The summed E-state index contributed by atoms with van der Waals surface area (Å²) in [7, 11) is 0. The van der Waals surface area contributed by atoms with Crippen LogP contribution in [0.4, 0.5) is 0 Å². The van der Waals surface area contributed by atoms with Crippen LogP contribution in [0.5, 0.6) is 0 Å². The predicted molar refractivity (Wildman–Crippen MR) is 75.9 cm³/mol. The number of ether oxygens (including phenoxy) is 1. The normalized spacial score (nSPS) is 28.5. The summed E-state index contributed by atoms with van der Waals surface area (Å²) >= 11 is 0. The van der Waals surface area contributed by atoms with E-state index in [9.17, 15) is 0 Å². The first-order valence-corrected chi connectivity index (χ1v) is 7.82. The second-order valence-electron chi connectivity index (χ2n) is 6.20. The number of hydrogen-bond donors (Lipinski definition) is 1. The molecule has 3 nitrogen and oxygen atoms in total. The van der Waals surface area contributed by atoms with Crippen LogP contribution in [-0.2, 0) is 4.74 Å². The highest BCUT2D eigenvalue weighted by molar-refractivity contribution is 4.82. The van der Waals surface area contributed by atoms with E-state index in [2.05, 4.69) is 24.1 Å². The molecule has 0 aromatic rings. The molecule has 2 aliphatic rings. The molecule has 0 bridgehead atoms. The topological polar surface area (TPSA) is 24.5 Å². The molecule has 2 aliphatic heterocycles. The average Bonchev–Trinajstić information content (AvgIpc) is 2.73. The Morgan fingerprint density at radius 3 is 2.61 bits per heavy atom. The molecule has 2 atom stereocenters. The molecule has 0 aromatic carbocycles. The summed E-state index contributed by atoms with van der Waals surface area (Å²) in [6.45, 7) is 10.4. The highest BCUT2D eigenvalue weighted by Gasteiger charge is 2.25. The predicted octanol–water partition coefficient (Wildman–Crippen LogP) is 2.27. The van der Waals surface area contributed by atoms with E-state index in [0.29, 0.717) is 6.04 Å². The molecule has 2 fully saturated rings. The van der Waals surface area contributed by atoms with Crippen LogP contribution in [0.2, 0.25) is 0 Å². The summed E-state index contributed by atoms with van der Waals surface area (Å²) in [4.78, 5) is 2.69. The molecule has 2 unspecified atom stereocenters. The molecule has 1 N–H and O–H groups in total. The van der Waals surface area contributed by atoms with Crippen molar-refractivity contribution in [2.75, 3.05) is 32.8 Å². The number of likely N-dealkylation sites (tertiary alicyclic amines) is 1. The van der Waals surface area contributed by atoms with Gasteiger partial charge in [0.25, 0.3) is 0 Å². The first kappa shape index (κ1) is 14.3. The van der Waals surface area contributed by atoms with Crippen LogP contribution in [0.25, 0.3) is 0 Å². The van der Waals surface area contributed by atoms with Gasteiger partial charge in [0.2, 0.25) is 0 Å². The molecule has 18 heavy (non-hydrogen) atoms. The van der Waals surface area contributed by atoms with E-state index < -0.39 is 0 Å². The number of rotatable bonds is 5. The summed E-state index contributed by atoms with van der Waals surface area (Å²) in [5.41, 5.74) is 0. The van der Waals surface area contributed by atoms with Crippen molar-refractivity contribution in [3.63, 3.8) is 0 Å². The molecule has 0 spiro atoms. The fourth-order valence-corrected chi connectivity index (χ4v) is 3.25. The van der Waals surface area contributed by atoms with Crippen LogP contribution in [0.3, 0.4) is 0 Å². The van der Waals surface area contributed by atoms with Crippen molar-refractivity contribution in [3.8, 4) is 0 Å². The first-order chi connectivity index (χ1) is 8.77. The number of hydrogen-bond acceptors (Lipinski definition) is 3. The van der Waals surface area contributed by atoms with Crippen LogP contribution in [-0.4, -0.2) is 49.8 Å². The fraction of sp³-hybridized carbons (Fsp3) is 1.00. The Bertz CT molecular complexity index is 219. The summed E-state index contributed by atoms with van der Waals surface area (Å²) < 4.78 is 5.53. The van der Waals surface area contributed by atoms with E-state index in [-0.39, 0.29) is 0 Å². The SMILES string of the molecule is CC(C)C(CNC1CCCOCC1)N1CCCC1. The van der Waals surface area contributed by atoms with Gasteiger partial charge >= 0.3 is 0 Å². The Labute approximate surface area is 112 Å². The average molecular weight is 254 g/mol. The van der Waals surface area contributed by atoms with Crippen molar-refractivity contribution in [1.29, 1.82) is 0 Å². The minimum absolute atomic E-state index is 0.677. The minimum atomic E-state index is 0.677. The third kappa shape index (κ3) is 4.22. The van der Waals surface area contributed by atoms with Crippen molar-refractivity contribution in [1.82, 2.24) is 10.2 Å². The standard InChI is InChI=1S/C15H30N2O/c1-13(2)15(17-8-3-4-9-17)12-16-14-6-5-10-18-11-7-14/h13-16H,3-12H2,1-2H3. The van der Waals surface area contributed by atoms with E-state index in [1.54, 1.807) is 0 Å². The van der Waals surface area contributed by atoms with Crippen LogP contribution >= 0.6 is 0 Å². The molecule has 106 valence electrons. The third-order valence-corrected chi connectivity index (χ3v) is 4.45. The van der Waals surface area contributed by atoms with Gasteiger partial charge in [0.15, 0.2) is 0 Å². The van der Waals surface area contributed by atoms with Gasteiger partial charge in [-0.3, -0.25) is 4.90 Å². The molecule has 0 amide bonds. The zero-order valence-corrected chi connectivity index (χ0v) is 12.2. The van der Waals surface area contributed by atoms with Gasteiger partial charge in [-0.1, -0.05) is 13.8 Å². The zero-order valence-electron chi connectivity index (χ0n) is 12.2. The maximum atomic E-state index is 5.53. The van der Waals surface area contributed by atoms with Gasteiger partial charge < -0.3 is 10.1 Å². The zero-order chi connectivity index (χ0) is 12.8. The monoisotopic (exact) mass is 254 g/mol. The Balaban J connectivity index is 1.77. The van der Waals surface area contributed by atoms with Gasteiger partial charge in [0.05, 0.1) is 0 Å². The Hall–Kier alpha value is -0.120. The Kier molecular flexibility index (Phi) is 5.93. The lowest BCUT2D eigenvalue weighted by atomic mass is 10.0. The van der Waals surface area contributed by atoms with E-state index in [0.717, 1.165) is 31.7 Å². The van der Waals surface area contributed by atoms with E-state index >= 15 is 0 Å². The van der Waals surface area contributed by atoms with E-state index in [1.165, 1.54) is 45.2 Å². The molecular weight excluding hydrogens is 224 g/mol. The largest absolute Gasteiger partial charge is 0.381 e. The van der Waals surface area contributed by atoms with Crippen LogP contribution < -0.4 is 5.32 Å². The molecule has 2 saturated heterocycles. The minimum Gasteiger partial charge on any atom is -0.381 e. The van der Waals surface area contributed by atoms with Crippen molar-refractivity contribution < 1.29 is 4.74 Å². The molecule has 0 aromatic heterocycles. The van der Waals surface area contributed by atoms with Crippen molar-refractivity contribution in [2.45, 2.75) is 58.0 Å². The van der Waals surface area contributed by atoms with Crippen molar-refractivity contribution >= 4 is 0 Å². The summed E-state index contributed by atoms with van der Waals surface area (Å²) in [5, 5.41) is 3.80. The summed E-state index contributed by atoms with van der Waals surface area (Å²) in [6, 6.07) is 1.40. The van der Waals surface area contributed by atoms with Crippen LogP contribution in [0.15, 0.2) is 0 Å². The molecular formula is C15H30N2O. The number of nitrogens with one attached hydrogen (secondary N) is 1. The lowest BCUT2D eigenvalue weighted by molar-refractivity contribution is 0.141. The maximum absolute atomic E-state index is 5.53. The number of nitrogens with zero attached hydrogens (tertiary/aromatic N) is 1. The Morgan fingerprint density at radius 1 is 1.11 bits per heavy atom. The second kappa shape index (κ2) is 7.46. The smallest absolute Gasteiger partial charge is 0.0480 e. The molecule has 2 rings (SSSR count). The lowest BCUT2D eigenvalue weighted by Crippen LogP contribution is -2.46. The van der Waals surface area contributed by atoms with Crippen LogP contribution in [0, 0.1) is 5.92 Å². The lowest BCUT2D eigenvalue weighted by Gasteiger charge is -2.32. The summed E-state index contributed by atoms with van der Waals surface area (Å²) in [5.74, 6) is 0.748. The molecule has 0 radical (unpaired) electrons. The van der Waals surface area contributed by atoms with E-state index in [4.69, 9.17) is 4.74 Å². The van der Waals surface area contributed by atoms with E-state index in [1.807, 2.05) is 0 Å². The van der Waals surface area contributed by atoms with Gasteiger partial charge in [-0.2, -0.15) is 0 Å². The molecule has 2 heterocycles. The van der Waals surface area contributed by atoms with Gasteiger partial charge in [-0.05, 0) is 51.1 Å². The molecule has 0 saturated carbocycles. The quantitative estimate of drug-likeness (QED) is 0.814. The van der Waals surface area contributed by atoms with Gasteiger partial charge in [-0.15, -0.1) is 0 Å². The first-order valence-electron chi connectivity index (χ1n) is 7.82. The van der Waals surface area contributed by atoms with Gasteiger partial charge in [0.1, 0.15) is 0 Å². The highest BCUT2D eigenvalue weighted by Crippen LogP contribution is 2.18. The molecule has 3 heteroatoms. The Morgan fingerprint density at radius 2 is 1.89 bits per heavy atom. The van der Waals surface area contributed by atoms with Crippen LogP contribution in [0.1, 0.15) is 46.0 Å². The fourth-order valence-electron chi connectivity index (χ4n) is 3.25. The second-order valence-corrected chi connectivity index (χ2v) is 6.20. The third-order valence-electron chi connectivity index (χ3n) is 4.45. The molecule has 0 aliphatic carbocycles. The maximum Gasteiger partial charge on any atom is 0.0480 e. The van der Waals surface area contributed by atoms with Crippen molar-refractivity contribution in [2.24, 2.45) is 5.92 Å². The van der Waals surface area contributed by atoms with Crippen molar-refractivity contribution in [3.05, 3.63) is 0 Å². The highest BCUT2D eigenvalue weighted by atomic mass is 16.5.